The van der Waals surface area contributed by atoms with E-state index in [4.69, 9.17) is 9.68 Å². The fourth-order valence-electron chi connectivity index (χ4n) is 3.94. The maximum Gasteiger partial charge on any atom is 0.219 e. The minimum atomic E-state index is -0.280. The molecule has 176 valence electrons. The molecule has 8 nitrogen and oxygen atoms in total. The Hall–Kier alpha value is -5.08. The summed E-state index contributed by atoms with van der Waals surface area (Å²) in [5.74, 6) is 12.1. The molecule has 0 atom stereocenters. The molecule has 0 saturated carbocycles. The number of hydrogen-bond donors (Lipinski definition) is 0. The van der Waals surface area contributed by atoms with E-state index < -0.39 is 0 Å². The molecular weight excluding hydrogens is 456 g/mol. The van der Waals surface area contributed by atoms with Gasteiger partial charge in [-0.15, -0.1) is 0 Å². The molecule has 5 rings (SSSR count). The largest absolute Gasteiger partial charge is 0.412 e. The zero-order valence-electron chi connectivity index (χ0n) is 19.6. The van der Waals surface area contributed by atoms with Crippen LogP contribution in [0.25, 0.3) is 0 Å². The molecule has 36 heavy (non-hydrogen) atoms. The van der Waals surface area contributed by atoms with Crippen molar-refractivity contribution in [2.75, 3.05) is 13.2 Å². The molecule has 0 spiro atoms. The van der Waals surface area contributed by atoms with Crippen molar-refractivity contribution < 1.29 is 19.3 Å². The van der Waals surface area contributed by atoms with E-state index in [0.717, 1.165) is 0 Å². The second-order valence-electron chi connectivity index (χ2n) is 7.60. The first-order chi connectivity index (χ1) is 17.6. The minimum absolute atomic E-state index is 0.272. The van der Waals surface area contributed by atoms with E-state index in [1.807, 2.05) is 13.8 Å². The summed E-state index contributed by atoms with van der Waals surface area (Å²) in [6, 6.07) is 10.1. The predicted molar refractivity (Wildman–Crippen MR) is 130 cm³/mol. The van der Waals surface area contributed by atoms with Gasteiger partial charge < -0.3 is 9.68 Å². The molecule has 0 N–H and O–H groups in total. The third-order valence-electron chi connectivity index (χ3n) is 5.44. The maximum absolute atomic E-state index is 13.6. The zero-order chi connectivity index (χ0) is 25.1. The summed E-state index contributed by atoms with van der Waals surface area (Å²) in [7, 11) is 0. The SMILES string of the molecule is CCOn1ccnc1C#Cc1cccc2c1C(=O)c1cccc(C#Cc3nccn3OCC)c1C2=O. The van der Waals surface area contributed by atoms with Crippen LogP contribution in [0.1, 0.15) is 68.5 Å². The van der Waals surface area contributed by atoms with Gasteiger partial charge in [0.1, 0.15) is 13.2 Å². The van der Waals surface area contributed by atoms with E-state index in [1.165, 1.54) is 9.46 Å². The van der Waals surface area contributed by atoms with Crippen molar-refractivity contribution >= 4 is 11.6 Å². The predicted octanol–water partition coefficient (Wildman–Crippen LogP) is 2.55. The van der Waals surface area contributed by atoms with Crippen LogP contribution >= 0.6 is 0 Å². The highest BCUT2D eigenvalue weighted by atomic mass is 16.7. The number of rotatable bonds is 4. The highest BCUT2D eigenvalue weighted by Gasteiger charge is 2.32. The fraction of sp³-hybridized carbons (Fsp3) is 0.143. The van der Waals surface area contributed by atoms with Gasteiger partial charge in [0.2, 0.25) is 11.6 Å². The van der Waals surface area contributed by atoms with Crippen molar-refractivity contribution in [1.82, 2.24) is 19.4 Å². The summed E-state index contributed by atoms with van der Waals surface area (Å²) in [6.07, 6.45) is 6.47. The topological polar surface area (TPSA) is 88.2 Å². The monoisotopic (exact) mass is 476 g/mol. The van der Waals surface area contributed by atoms with Gasteiger partial charge >= 0.3 is 0 Å². The van der Waals surface area contributed by atoms with Crippen LogP contribution in [0, 0.1) is 23.7 Å². The number of imidazole rings is 2. The quantitative estimate of drug-likeness (QED) is 0.371. The number of benzene rings is 2. The molecule has 0 unspecified atom stereocenters. The Morgan fingerprint density at radius 2 is 1.14 bits per heavy atom. The van der Waals surface area contributed by atoms with Gasteiger partial charge in [-0.3, -0.25) is 9.59 Å². The van der Waals surface area contributed by atoms with Crippen LogP contribution < -0.4 is 9.68 Å². The lowest BCUT2D eigenvalue weighted by Crippen LogP contribution is -2.23. The summed E-state index contributed by atoms with van der Waals surface area (Å²) in [5.41, 5.74) is 2.01. The van der Waals surface area contributed by atoms with Crippen LogP contribution in [0.5, 0.6) is 0 Å². The molecule has 2 aromatic carbocycles. The number of ketones is 2. The van der Waals surface area contributed by atoms with Gasteiger partial charge in [-0.2, -0.15) is 9.46 Å². The van der Waals surface area contributed by atoms with E-state index >= 15 is 0 Å². The van der Waals surface area contributed by atoms with Crippen molar-refractivity contribution in [3.63, 3.8) is 0 Å². The van der Waals surface area contributed by atoms with Gasteiger partial charge in [-0.1, -0.05) is 36.1 Å². The highest BCUT2D eigenvalue weighted by molar-refractivity contribution is 6.29. The lowest BCUT2D eigenvalue weighted by Gasteiger charge is -2.19. The molecule has 8 heteroatoms. The Kier molecular flexibility index (Phi) is 6.09. The number of nitrogens with zero attached hydrogens (tertiary/aromatic N) is 4. The summed E-state index contributed by atoms with van der Waals surface area (Å²) in [5, 5.41) is 0. The molecule has 1 aliphatic rings. The van der Waals surface area contributed by atoms with Crippen molar-refractivity contribution in [2.24, 2.45) is 0 Å². The molecule has 0 aliphatic heterocycles. The van der Waals surface area contributed by atoms with Gasteiger partial charge in [0, 0.05) is 45.8 Å². The number of aromatic nitrogens is 4. The summed E-state index contributed by atoms with van der Waals surface area (Å²) in [4.78, 5) is 46.4. The Labute approximate surface area is 207 Å². The van der Waals surface area contributed by atoms with E-state index in [1.54, 1.807) is 61.2 Å². The first-order valence-corrected chi connectivity index (χ1v) is 11.3. The molecule has 0 saturated heterocycles. The molecule has 1 aliphatic carbocycles. The maximum atomic E-state index is 13.6. The van der Waals surface area contributed by atoms with Crippen LogP contribution in [-0.2, 0) is 0 Å². The van der Waals surface area contributed by atoms with Crippen LogP contribution in [0.4, 0.5) is 0 Å². The van der Waals surface area contributed by atoms with Crippen LogP contribution in [0.3, 0.4) is 0 Å². The summed E-state index contributed by atoms with van der Waals surface area (Å²) in [6.45, 7) is 4.62. The third-order valence-corrected chi connectivity index (χ3v) is 5.44. The second kappa shape index (κ2) is 9.65. The summed E-state index contributed by atoms with van der Waals surface area (Å²) < 4.78 is 2.93. The molecule has 4 aromatic rings. The van der Waals surface area contributed by atoms with Gasteiger partial charge in [0.05, 0.1) is 12.4 Å². The fourth-order valence-corrected chi connectivity index (χ4v) is 3.94. The summed E-state index contributed by atoms with van der Waals surface area (Å²) >= 11 is 0. The number of carbonyl (C=O) groups excluding carboxylic acids is 2. The van der Waals surface area contributed by atoms with E-state index in [9.17, 15) is 9.59 Å². The van der Waals surface area contributed by atoms with Gasteiger partial charge in [-0.05, 0) is 37.8 Å². The first-order valence-electron chi connectivity index (χ1n) is 11.3. The normalized spacial score (nSPS) is 11.5. The van der Waals surface area contributed by atoms with Crippen molar-refractivity contribution in [1.29, 1.82) is 0 Å². The molecular formula is C28H20N4O4. The first kappa shape index (κ1) is 22.7. The van der Waals surface area contributed by atoms with Crippen LogP contribution in [-0.4, -0.2) is 44.2 Å². The zero-order valence-corrected chi connectivity index (χ0v) is 19.6. The lowest BCUT2D eigenvalue weighted by molar-refractivity contribution is 0.0978. The van der Waals surface area contributed by atoms with Gasteiger partial charge in [0.25, 0.3) is 0 Å². The Morgan fingerprint density at radius 1 is 0.694 bits per heavy atom. The molecule has 2 heterocycles. The van der Waals surface area contributed by atoms with Crippen LogP contribution in [0.15, 0.2) is 61.2 Å². The Balaban J connectivity index is 1.56. The molecule has 0 amide bonds. The smallest absolute Gasteiger partial charge is 0.219 e. The standard InChI is InChI=1S/C28H20N4O4/c1-3-35-31-17-15-29-23(31)13-11-19-7-5-9-21-25(19)27(33)22-10-6-8-20(26(22)28(21)34)12-14-24-30-16-18-32(24)36-4-2/h5-10,15-18H,3-4H2,1-2H3. The highest BCUT2D eigenvalue weighted by Crippen LogP contribution is 2.31. The second-order valence-corrected chi connectivity index (χ2v) is 7.60. The van der Waals surface area contributed by atoms with E-state index in [-0.39, 0.29) is 33.8 Å². The lowest BCUT2D eigenvalue weighted by atomic mass is 9.80. The molecule has 0 fully saturated rings. The minimum Gasteiger partial charge on any atom is -0.412 e. The average molecular weight is 476 g/mol. The Bertz CT molecular complexity index is 1500. The van der Waals surface area contributed by atoms with Gasteiger partial charge in [0.15, 0.2) is 11.6 Å². The van der Waals surface area contributed by atoms with Crippen molar-refractivity contribution in [3.8, 4) is 23.7 Å². The van der Waals surface area contributed by atoms with E-state index in [2.05, 4.69) is 33.6 Å². The average Bonchev–Trinajstić information content (AvgIpc) is 3.54. The Morgan fingerprint density at radius 3 is 1.56 bits per heavy atom. The van der Waals surface area contributed by atoms with Crippen LogP contribution in [0.2, 0.25) is 0 Å². The number of fused-ring (bicyclic) bond motifs is 2. The number of carbonyl (C=O) groups is 2. The number of hydrogen-bond acceptors (Lipinski definition) is 6. The third kappa shape index (κ3) is 4.02. The molecule has 0 bridgehead atoms. The molecule has 0 radical (unpaired) electrons. The van der Waals surface area contributed by atoms with Gasteiger partial charge in [-0.25, -0.2) is 9.97 Å². The van der Waals surface area contributed by atoms with Crippen molar-refractivity contribution in [2.45, 2.75) is 13.8 Å². The molecule has 2 aromatic heterocycles. The van der Waals surface area contributed by atoms with Crippen molar-refractivity contribution in [3.05, 3.63) is 106 Å². The van der Waals surface area contributed by atoms with E-state index in [0.29, 0.717) is 36.0 Å².